The standard InChI is InChI=1S/C28H34ClN5O2/c1-27(2,3)36-26(35)34-15-14-33(18-21(34)10-13-30)24-22-9-12-28(17-23(22)31-25(29)32-24)11-8-19-6-4-5-7-20(19)16-28/h4-7,21H,8-12,14-18H2,1-3H3/t21-,28?/m0/s1. The van der Waals surface area contributed by atoms with Crippen molar-refractivity contribution in [3.63, 3.8) is 0 Å². The van der Waals surface area contributed by atoms with Crippen molar-refractivity contribution in [3.8, 4) is 6.07 Å². The Labute approximate surface area is 218 Å². The van der Waals surface area contributed by atoms with Gasteiger partial charge in [-0.25, -0.2) is 14.8 Å². The molecular formula is C28H34ClN5O2. The van der Waals surface area contributed by atoms with Crippen LogP contribution in [0.4, 0.5) is 10.6 Å². The molecule has 1 aromatic heterocycles. The minimum atomic E-state index is -0.583. The first-order chi connectivity index (χ1) is 17.2. The highest BCUT2D eigenvalue weighted by Gasteiger charge is 2.41. The maximum absolute atomic E-state index is 12.8. The lowest BCUT2D eigenvalue weighted by atomic mass is 9.63. The Bertz CT molecular complexity index is 1200. The van der Waals surface area contributed by atoms with Crippen molar-refractivity contribution in [2.45, 2.75) is 77.4 Å². The molecule has 5 rings (SSSR count). The summed E-state index contributed by atoms with van der Waals surface area (Å²) in [6.45, 7) is 7.16. The average molecular weight is 508 g/mol. The summed E-state index contributed by atoms with van der Waals surface area (Å²) in [4.78, 5) is 26.1. The number of ether oxygens (including phenoxy) is 1. The van der Waals surface area contributed by atoms with E-state index in [1.165, 1.54) is 23.1 Å². The predicted molar refractivity (Wildman–Crippen MR) is 139 cm³/mol. The van der Waals surface area contributed by atoms with E-state index in [1.54, 1.807) is 4.90 Å². The third-order valence-electron chi connectivity index (χ3n) is 7.84. The number of aromatic nitrogens is 2. The van der Waals surface area contributed by atoms with Crippen LogP contribution in [0.15, 0.2) is 24.3 Å². The summed E-state index contributed by atoms with van der Waals surface area (Å²) < 4.78 is 5.61. The normalized spacial score (nSPS) is 23.6. The summed E-state index contributed by atoms with van der Waals surface area (Å²) in [6, 6.07) is 10.8. The molecule has 36 heavy (non-hydrogen) atoms. The van der Waals surface area contributed by atoms with Crippen LogP contribution < -0.4 is 4.90 Å². The number of anilines is 1. The van der Waals surface area contributed by atoms with Crippen molar-refractivity contribution in [1.29, 1.82) is 5.26 Å². The molecule has 1 spiro atoms. The van der Waals surface area contributed by atoms with E-state index in [1.807, 2.05) is 20.8 Å². The highest BCUT2D eigenvalue weighted by Crippen LogP contribution is 2.46. The summed E-state index contributed by atoms with van der Waals surface area (Å²) in [5, 5.41) is 9.73. The number of hydrogen-bond donors (Lipinski definition) is 0. The number of nitrogens with zero attached hydrogens (tertiary/aromatic N) is 5. The van der Waals surface area contributed by atoms with E-state index in [9.17, 15) is 10.1 Å². The van der Waals surface area contributed by atoms with Gasteiger partial charge in [-0.1, -0.05) is 24.3 Å². The van der Waals surface area contributed by atoms with Gasteiger partial charge in [-0.05, 0) is 87.4 Å². The van der Waals surface area contributed by atoms with E-state index in [2.05, 4.69) is 40.2 Å². The monoisotopic (exact) mass is 507 g/mol. The molecule has 2 atom stereocenters. The van der Waals surface area contributed by atoms with E-state index in [0.29, 0.717) is 19.6 Å². The summed E-state index contributed by atoms with van der Waals surface area (Å²) in [7, 11) is 0. The Morgan fingerprint density at radius 1 is 1.17 bits per heavy atom. The van der Waals surface area contributed by atoms with E-state index >= 15 is 0 Å². The fourth-order valence-corrected chi connectivity index (χ4v) is 6.29. The number of carbonyl (C=O) groups excluding carboxylic acids is 1. The number of amides is 1. The molecule has 2 aromatic rings. The van der Waals surface area contributed by atoms with Gasteiger partial charge in [0.2, 0.25) is 5.28 Å². The smallest absolute Gasteiger partial charge is 0.410 e. The maximum Gasteiger partial charge on any atom is 0.410 e. The van der Waals surface area contributed by atoms with E-state index in [0.717, 1.165) is 43.6 Å². The molecular weight excluding hydrogens is 474 g/mol. The molecule has 3 aliphatic rings. The third-order valence-corrected chi connectivity index (χ3v) is 8.01. The van der Waals surface area contributed by atoms with Crippen LogP contribution in [0.1, 0.15) is 62.4 Å². The highest BCUT2D eigenvalue weighted by molar-refractivity contribution is 6.28. The molecule has 1 saturated heterocycles. The lowest BCUT2D eigenvalue weighted by Crippen LogP contribution is -2.56. The topological polar surface area (TPSA) is 82.3 Å². The Kier molecular flexibility index (Phi) is 6.59. The van der Waals surface area contributed by atoms with Crippen molar-refractivity contribution >= 4 is 23.5 Å². The molecule has 8 heteroatoms. The van der Waals surface area contributed by atoms with Gasteiger partial charge >= 0.3 is 6.09 Å². The fraction of sp³-hybridized carbons (Fsp3) is 0.571. The molecule has 0 bridgehead atoms. The quantitative estimate of drug-likeness (QED) is 0.524. The van der Waals surface area contributed by atoms with Crippen LogP contribution in [0.2, 0.25) is 5.28 Å². The Morgan fingerprint density at radius 3 is 2.67 bits per heavy atom. The SMILES string of the molecule is CC(C)(C)OC(=O)N1CCN(c2nc(Cl)nc3c2CCC2(CCc4ccccc4C2)C3)C[C@@H]1CC#N. The molecule has 0 N–H and O–H groups in total. The second-order valence-corrected chi connectivity index (χ2v) is 11.8. The summed E-state index contributed by atoms with van der Waals surface area (Å²) in [5.74, 6) is 0.864. The minimum absolute atomic E-state index is 0.217. The van der Waals surface area contributed by atoms with Gasteiger partial charge in [-0.3, -0.25) is 0 Å². The number of rotatable bonds is 2. The van der Waals surface area contributed by atoms with Gasteiger partial charge in [-0.15, -0.1) is 0 Å². The largest absolute Gasteiger partial charge is 0.444 e. The molecule has 0 radical (unpaired) electrons. The molecule has 7 nitrogen and oxygen atoms in total. The maximum atomic E-state index is 12.8. The Balaban J connectivity index is 1.38. The zero-order valence-electron chi connectivity index (χ0n) is 21.4. The van der Waals surface area contributed by atoms with Gasteiger partial charge in [0, 0.05) is 25.2 Å². The first-order valence-corrected chi connectivity index (χ1v) is 13.3. The van der Waals surface area contributed by atoms with Crippen molar-refractivity contribution in [2.75, 3.05) is 24.5 Å². The zero-order valence-corrected chi connectivity index (χ0v) is 22.1. The number of halogens is 1. The first-order valence-electron chi connectivity index (χ1n) is 12.9. The van der Waals surface area contributed by atoms with Crippen molar-refractivity contribution in [3.05, 3.63) is 51.9 Å². The number of piperazine rings is 1. The second kappa shape index (κ2) is 9.55. The Morgan fingerprint density at radius 2 is 1.92 bits per heavy atom. The second-order valence-electron chi connectivity index (χ2n) is 11.5. The molecule has 2 aliphatic carbocycles. The number of fused-ring (bicyclic) bond motifs is 2. The van der Waals surface area contributed by atoms with Crippen molar-refractivity contribution in [1.82, 2.24) is 14.9 Å². The minimum Gasteiger partial charge on any atom is -0.444 e. The van der Waals surface area contributed by atoms with E-state index in [4.69, 9.17) is 21.3 Å². The predicted octanol–water partition coefficient (Wildman–Crippen LogP) is 5.13. The van der Waals surface area contributed by atoms with Crippen LogP contribution in [-0.2, 0) is 30.4 Å². The molecule has 190 valence electrons. The van der Waals surface area contributed by atoms with Crippen LogP contribution in [0.25, 0.3) is 0 Å². The van der Waals surface area contributed by atoms with Gasteiger partial charge in [-0.2, -0.15) is 5.26 Å². The highest BCUT2D eigenvalue weighted by atomic mass is 35.5. The third kappa shape index (κ3) is 5.01. The van der Waals surface area contributed by atoms with E-state index < -0.39 is 5.60 Å². The fourth-order valence-electron chi connectivity index (χ4n) is 6.10. The molecule has 1 aromatic carbocycles. The number of aryl methyl sites for hydroxylation is 1. The van der Waals surface area contributed by atoms with Crippen LogP contribution >= 0.6 is 11.6 Å². The molecule has 1 fully saturated rings. The lowest BCUT2D eigenvalue weighted by Gasteiger charge is -2.44. The summed E-state index contributed by atoms with van der Waals surface area (Å²) in [6.07, 6.45) is 6.15. The van der Waals surface area contributed by atoms with Crippen LogP contribution in [0.5, 0.6) is 0 Å². The van der Waals surface area contributed by atoms with Gasteiger partial charge in [0.15, 0.2) is 0 Å². The van der Waals surface area contributed by atoms with Crippen molar-refractivity contribution < 1.29 is 9.53 Å². The van der Waals surface area contributed by atoms with Crippen molar-refractivity contribution in [2.24, 2.45) is 5.41 Å². The zero-order chi connectivity index (χ0) is 25.5. The van der Waals surface area contributed by atoms with E-state index in [-0.39, 0.29) is 29.3 Å². The number of nitriles is 1. The van der Waals surface area contributed by atoms with Gasteiger partial charge in [0.25, 0.3) is 0 Å². The molecule has 0 saturated carbocycles. The first kappa shape index (κ1) is 24.8. The number of benzene rings is 1. The molecule has 1 unspecified atom stereocenters. The molecule has 1 amide bonds. The van der Waals surface area contributed by atoms with Crippen LogP contribution in [0, 0.1) is 16.7 Å². The van der Waals surface area contributed by atoms with Crippen LogP contribution in [-0.4, -0.2) is 52.2 Å². The average Bonchev–Trinajstić information content (AvgIpc) is 2.82. The lowest BCUT2D eigenvalue weighted by molar-refractivity contribution is 0.0144. The Hall–Kier alpha value is -2.85. The van der Waals surface area contributed by atoms with Crippen LogP contribution in [0.3, 0.4) is 0 Å². The van der Waals surface area contributed by atoms with Gasteiger partial charge < -0.3 is 14.5 Å². The van der Waals surface area contributed by atoms with Gasteiger partial charge in [0.1, 0.15) is 11.4 Å². The molecule has 2 heterocycles. The molecule has 1 aliphatic heterocycles. The number of carbonyl (C=O) groups is 1. The number of hydrogen-bond acceptors (Lipinski definition) is 6. The van der Waals surface area contributed by atoms with Gasteiger partial charge in [0.05, 0.1) is 24.2 Å². The summed E-state index contributed by atoms with van der Waals surface area (Å²) in [5.41, 5.74) is 4.80. The summed E-state index contributed by atoms with van der Waals surface area (Å²) >= 11 is 6.47.